The molecule has 1 amide bonds. The van der Waals surface area contributed by atoms with Gasteiger partial charge in [0, 0.05) is 35.6 Å². The number of nitrogens with one attached hydrogen (secondary N) is 3. The largest absolute Gasteiger partial charge is 0.385 e. The van der Waals surface area contributed by atoms with Crippen LogP contribution >= 0.6 is 0 Å². The zero-order valence-electron chi connectivity index (χ0n) is 12.8. The van der Waals surface area contributed by atoms with E-state index in [-0.39, 0.29) is 5.91 Å². The fraction of sp³-hybridized carbons (Fsp3) is 0.375. The lowest BCUT2D eigenvalue weighted by Crippen LogP contribution is -2.23. The normalized spacial score (nSPS) is 10.4. The van der Waals surface area contributed by atoms with Crippen LogP contribution in [0.15, 0.2) is 24.4 Å². The van der Waals surface area contributed by atoms with E-state index >= 15 is 0 Å². The summed E-state index contributed by atoms with van der Waals surface area (Å²) in [5, 5.41) is 13.1. The molecule has 1 aromatic carbocycles. The van der Waals surface area contributed by atoms with E-state index in [1.54, 1.807) is 6.20 Å². The molecule has 2 aromatic rings. The first-order valence-electron chi connectivity index (χ1n) is 7.23. The average molecular weight is 286 g/mol. The smallest absolute Gasteiger partial charge is 0.251 e. The van der Waals surface area contributed by atoms with Crippen LogP contribution in [0.3, 0.4) is 0 Å². The first-order chi connectivity index (χ1) is 10.1. The van der Waals surface area contributed by atoms with Gasteiger partial charge in [-0.3, -0.25) is 9.89 Å². The molecule has 0 radical (unpaired) electrons. The topological polar surface area (TPSA) is 69.8 Å². The summed E-state index contributed by atoms with van der Waals surface area (Å²) in [6.45, 7) is 7.49. The number of benzene rings is 1. The molecule has 5 nitrogen and oxygen atoms in total. The number of nitrogens with zero attached hydrogens (tertiary/aromatic N) is 1. The molecule has 21 heavy (non-hydrogen) atoms. The SMILES string of the molecule is CCCNc1ccc(C(=O)NCc2cn[nH]c2C)cc1C. The average Bonchev–Trinajstić information content (AvgIpc) is 2.88. The summed E-state index contributed by atoms with van der Waals surface area (Å²) in [6.07, 6.45) is 2.81. The summed E-state index contributed by atoms with van der Waals surface area (Å²) in [5.41, 5.74) is 4.82. The number of amides is 1. The molecule has 112 valence electrons. The van der Waals surface area contributed by atoms with E-state index in [1.807, 2.05) is 32.0 Å². The monoisotopic (exact) mass is 286 g/mol. The van der Waals surface area contributed by atoms with Crippen molar-refractivity contribution >= 4 is 11.6 Å². The molecule has 5 heteroatoms. The Hall–Kier alpha value is -2.30. The van der Waals surface area contributed by atoms with Crippen molar-refractivity contribution in [2.24, 2.45) is 0 Å². The van der Waals surface area contributed by atoms with Crippen molar-refractivity contribution in [3.05, 3.63) is 46.8 Å². The summed E-state index contributed by atoms with van der Waals surface area (Å²) in [5.74, 6) is -0.0688. The van der Waals surface area contributed by atoms with E-state index in [1.165, 1.54) is 0 Å². The highest BCUT2D eigenvalue weighted by Gasteiger charge is 2.08. The zero-order valence-corrected chi connectivity index (χ0v) is 12.8. The molecule has 0 atom stereocenters. The number of H-pyrrole nitrogens is 1. The van der Waals surface area contributed by atoms with Crippen LogP contribution < -0.4 is 10.6 Å². The molecule has 1 heterocycles. The number of aryl methyl sites for hydroxylation is 2. The van der Waals surface area contributed by atoms with Gasteiger partial charge in [0.15, 0.2) is 0 Å². The molecule has 0 aliphatic rings. The van der Waals surface area contributed by atoms with Crippen LogP contribution in [-0.4, -0.2) is 22.6 Å². The van der Waals surface area contributed by atoms with Crippen LogP contribution in [0.4, 0.5) is 5.69 Å². The molecule has 0 aliphatic carbocycles. The van der Waals surface area contributed by atoms with Crippen molar-refractivity contribution in [3.63, 3.8) is 0 Å². The Balaban J connectivity index is 1.99. The second-order valence-electron chi connectivity index (χ2n) is 5.16. The maximum atomic E-state index is 12.2. The van der Waals surface area contributed by atoms with Gasteiger partial charge in [-0.1, -0.05) is 6.92 Å². The zero-order chi connectivity index (χ0) is 15.2. The van der Waals surface area contributed by atoms with Gasteiger partial charge in [0.25, 0.3) is 5.91 Å². The lowest BCUT2D eigenvalue weighted by atomic mass is 10.1. The molecule has 0 saturated heterocycles. The van der Waals surface area contributed by atoms with E-state index < -0.39 is 0 Å². The number of anilines is 1. The van der Waals surface area contributed by atoms with Gasteiger partial charge in [-0.2, -0.15) is 5.10 Å². The Labute approximate surface area is 125 Å². The third-order valence-corrected chi connectivity index (χ3v) is 3.43. The number of carbonyl (C=O) groups excluding carboxylic acids is 1. The van der Waals surface area contributed by atoms with Gasteiger partial charge in [0.2, 0.25) is 0 Å². The highest BCUT2D eigenvalue weighted by molar-refractivity contribution is 5.94. The highest BCUT2D eigenvalue weighted by atomic mass is 16.1. The second-order valence-corrected chi connectivity index (χ2v) is 5.16. The molecule has 0 aliphatic heterocycles. The Morgan fingerprint density at radius 3 is 2.76 bits per heavy atom. The standard InChI is InChI=1S/C16H22N4O/c1-4-7-17-15-6-5-13(8-11(15)2)16(21)18-9-14-10-19-20-12(14)3/h5-6,8,10,17H,4,7,9H2,1-3H3,(H,18,21)(H,19,20). The quantitative estimate of drug-likeness (QED) is 0.764. The molecule has 3 N–H and O–H groups in total. The minimum Gasteiger partial charge on any atom is -0.385 e. The van der Waals surface area contributed by atoms with E-state index in [9.17, 15) is 4.79 Å². The predicted molar refractivity (Wildman–Crippen MR) is 84.5 cm³/mol. The number of hydrogen-bond acceptors (Lipinski definition) is 3. The maximum Gasteiger partial charge on any atom is 0.251 e. The minimum absolute atomic E-state index is 0.0688. The first-order valence-corrected chi connectivity index (χ1v) is 7.23. The number of carbonyl (C=O) groups is 1. The molecule has 1 aromatic heterocycles. The molecule has 0 fully saturated rings. The van der Waals surface area contributed by atoms with Crippen molar-refractivity contribution < 1.29 is 4.79 Å². The van der Waals surface area contributed by atoms with Crippen molar-refractivity contribution in [3.8, 4) is 0 Å². The predicted octanol–water partition coefficient (Wildman–Crippen LogP) is 2.78. The Morgan fingerprint density at radius 2 is 2.14 bits per heavy atom. The van der Waals surface area contributed by atoms with E-state index in [4.69, 9.17) is 0 Å². The second kappa shape index (κ2) is 6.92. The van der Waals surface area contributed by atoms with Crippen molar-refractivity contribution in [2.75, 3.05) is 11.9 Å². The van der Waals surface area contributed by atoms with Crippen LogP contribution in [0.2, 0.25) is 0 Å². The van der Waals surface area contributed by atoms with Crippen LogP contribution in [0.25, 0.3) is 0 Å². The third-order valence-electron chi connectivity index (χ3n) is 3.43. The van der Waals surface area contributed by atoms with Gasteiger partial charge >= 0.3 is 0 Å². The van der Waals surface area contributed by atoms with Gasteiger partial charge in [-0.15, -0.1) is 0 Å². The Kier molecular flexibility index (Phi) is 4.98. The number of aromatic amines is 1. The summed E-state index contributed by atoms with van der Waals surface area (Å²) in [4.78, 5) is 12.2. The van der Waals surface area contributed by atoms with Gasteiger partial charge in [0.05, 0.1) is 6.20 Å². The highest BCUT2D eigenvalue weighted by Crippen LogP contribution is 2.16. The van der Waals surface area contributed by atoms with Crippen LogP contribution in [0.1, 0.15) is 40.5 Å². The third kappa shape index (κ3) is 3.84. The first kappa shape index (κ1) is 15.1. The maximum absolute atomic E-state index is 12.2. The lowest BCUT2D eigenvalue weighted by molar-refractivity contribution is 0.0951. The van der Waals surface area contributed by atoms with Crippen LogP contribution in [-0.2, 0) is 6.54 Å². The lowest BCUT2D eigenvalue weighted by Gasteiger charge is -2.10. The van der Waals surface area contributed by atoms with E-state index in [0.717, 1.165) is 35.5 Å². The van der Waals surface area contributed by atoms with Gasteiger partial charge in [-0.05, 0) is 44.0 Å². The summed E-state index contributed by atoms with van der Waals surface area (Å²) in [6, 6.07) is 5.72. The van der Waals surface area contributed by atoms with Gasteiger partial charge < -0.3 is 10.6 Å². The van der Waals surface area contributed by atoms with Crippen molar-refractivity contribution in [2.45, 2.75) is 33.7 Å². The Bertz CT molecular complexity index is 618. The number of rotatable bonds is 6. The summed E-state index contributed by atoms with van der Waals surface area (Å²) < 4.78 is 0. The van der Waals surface area contributed by atoms with Gasteiger partial charge in [0.1, 0.15) is 0 Å². The van der Waals surface area contributed by atoms with Crippen molar-refractivity contribution in [1.29, 1.82) is 0 Å². The van der Waals surface area contributed by atoms with Gasteiger partial charge in [-0.25, -0.2) is 0 Å². The molecular weight excluding hydrogens is 264 g/mol. The minimum atomic E-state index is -0.0688. The molecule has 0 spiro atoms. The summed E-state index contributed by atoms with van der Waals surface area (Å²) in [7, 11) is 0. The van der Waals surface area contributed by atoms with Crippen LogP contribution in [0, 0.1) is 13.8 Å². The molecule has 0 saturated carbocycles. The van der Waals surface area contributed by atoms with Crippen molar-refractivity contribution in [1.82, 2.24) is 15.5 Å². The summed E-state index contributed by atoms with van der Waals surface area (Å²) >= 11 is 0. The van der Waals surface area contributed by atoms with Crippen LogP contribution in [0.5, 0.6) is 0 Å². The number of aromatic nitrogens is 2. The molecule has 2 rings (SSSR count). The van der Waals surface area contributed by atoms with E-state index in [2.05, 4.69) is 27.8 Å². The number of hydrogen-bond donors (Lipinski definition) is 3. The fourth-order valence-corrected chi connectivity index (χ4v) is 2.09. The Morgan fingerprint density at radius 1 is 1.33 bits per heavy atom. The molecular formula is C16H22N4O. The van der Waals surface area contributed by atoms with E-state index in [0.29, 0.717) is 12.1 Å². The molecule has 0 unspecified atom stereocenters. The fourth-order valence-electron chi connectivity index (χ4n) is 2.09. The molecule has 0 bridgehead atoms.